The standard InChI is InChI=1S/C22H20F2N4O3/c1-30-17-4-2-3-13(19(17)31-22(23)24)9-12-18(29)25-16-10-7-15(8-11-16)21-26-20(27-28-21)14-5-6-14/h2-4,7-12,14,22H,5-6H2,1H3,(H,25,29)(H,26,27,28)/b12-9+. The minimum atomic E-state index is -3.01. The Kier molecular flexibility index (Phi) is 5.92. The molecule has 2 N–H and O–H groups in total. The van der Waals surface area contributed by atoms with Gasteiger partial charge in [0.15, 0.2) is 17.3 Å². The van der Waals surface area contributed by atoms with Gasteiger partial charge in [-0.2, -0.15) is 13.9 Å². The molecule has 1 aliphatic carbocycles. The second-order valence-corrected chi connectivity index (χ2v) is 6.98. The van der Waals surface area contributed by atoms with E-state index in [4.69, 9.17) is 4.74 Å². The van der Waals surface area contributed by atoms with E-state index < -0.39 is 12.5 Å². The van der Waals surface area contributed by atoms with E-state index >= 15 is 0 Å². The average molecular weight is 426 g/mol. The van der Waals surface area contributed by atoms with Crippen LogP contribution in [0.4, 0.5) is 14.5 Å². The zero-order chi connectivity index (χ0) is 21.8. The summed E-state index contributed by atoms with van der Waals surface area (Å²) in [6, 6.07) is 11.8. The van der Waals surface area contributed by atoms with Gasteiger partial charge in [0.05, 0.1) is 7.11 Å². The second-order valence-electron chi connectivity index (χ2n) is 6.98. The molecule has 1 saturated carbocycles. The molecule has 1 amide bonds. The van der Waals surface area contributed by atoms with Crippen LogP contribution in [-0.2, 0) is 4.79 Å². The van der Waals surface area contributed by atoms with Gasteiger partial charge in [-0.25, -0.2) is 4.98 Å². The number of nitrogens with one attached hydrogen (secondary N) is 2. The number of rotatable bonds is 8. The summed E-state index contributed by atoms with van der Waals surface area (Å²) in [5.74, 6) is 1.60. The molecule has 1 aromatic heterocycles. The number of aromatic nitrogens is 3. The molecule has 0 saturated heterocycles. The number of amides is 1. The lowest BCUT2D eigenvalue weighted by Crippen LogP contribution is -2.08. The molecular weight excluding hydrogens is 406 g/mol. The van der Waals surface area contributed by atoms with E-state index in [0.717, 1.165) is 24.2 Å². The summed E-state index contributed by atoms with van der Waals surface area (Å²) in [5, 5.41) is 9.92. The number of H-pyrrole nitrogens is 1. The number of benzene rings is 2. The van der Waals surface area contributed by atoms with Crippen molar-refractivity contribution in [3.05, 3.63) is 59.9 Å². The number of alkyl halides is 2. The number of halogens is 2. The van der Waals surface area contributed by atoms with Gasteiger partial charge in [0.1, 0.15) is 5.82 Å². The zero-order valence-corrected chi connectivity index (χ0v) is 16.6. The molecule has 160 valence electrons. The lowest BCUT2D eigenvalue weighted by molar-refractivity contribution is -0.111. The Morgan fingerprint density at radius 3 is 2.68 bits per heavy atom. The number of para-hydroxylation sites is 1. The van der Waals surface area contributed by atoms with Crippen LogP contribution in [0.3, 0.4) is 0 Å². The number of carbonyl (C=O) groups excluding carboxylic acids is 1. The third-order valence-corrected chi connectivity index (χ3v) is 4.73. The molecule has 0 radical (unpaired) electrons. The molecule has 31 heavy (non-hydrogen) atoms. The Bertz CT molecular complexity index is 1090. The van der Waals surface area contributed by atoms with E-state index in [-0.39, 0.29) is 11.5 Å². The first-order chi connectivity index (χ1) is 15.0. The first kappa shape index (κ1) is 20.5. The highest BCUT2D eigenvalue weighted by Gasteiger charge is 2.27. The molecule has 9 heteroatoms. The Morgan fingerprint density at radius 2 is 2.00 bits per heavy atom. The van der Waals surface area contributed by atoms with Gasteiger partial charge in [0.2, 0.25) is 5.91 Å². The number of methoxy groups -OCH3 is 1. The summed E-state index contributed by atoms with van der Waals surface area (Å²) in [6.45, 7) is -3.01. The van der Waals surface area contributed by atoms with Crippen molar-refractivity contribution in [3.63, 3.8) is 0 Å². The van der Waals surface area contributed by atoms with Gasteiger partial charge < -0.3 is 14.8 Å². The average Bonchev–Trinajstić information content (AvgIpc) is 3.50. The zero-order valence-electron chi connectivity index (χ0n) is 16.6. The first-order valence-electron chi connectivity index (χ1n) is 9.67. The number of hydrogen-bond donors (Lipinski definition) is 2. The van der Waals surface area contributed by atoms with Gasteiger partial charge in [-0.1, -0.05) is 12.1 Å². The fourth-order valence-corrected chi connectivity index (χ4v) is 3.03. The fraction of sp³-hybridized carbons (Fsp3) is 0.227. The molecule has 3 aromatic rings. The number of nitrogens with zero attached hydrogens (tertiary/aromatic N) is 2. The number of carbonyl (C=O) groups is 1. The summed E-state index contributed by atoms with van der Waals surface area (Å²) >= 11 is 0. The van der Waals surface area contributed by atoms with Gasteiger partial charge in [-0.05, 0) is 49.2 Å². The SMILES string of the molecule is COc1cccc(/C=C/C(=O)Nc2ccc(-c3n[nH]c(C4CC4)n3)cc2)c1OC(F)F. The molecule has 1 heterocycles. The largest absolute Gasteiger partial charge is 0.493 e. The summed E-state index contributed by atoms with van der Waals surface area (Å²) in [4.78, 5) is 16.8. The highest BCUT2D eigenvalue weighted by atomic mass is 19.3. The summed E-state index contributed by atoms with van der Waals surface area (Å²) in [6.07, 6.45) is 4.90. The number of anilines is 1. The maximum atomic E-state index is 12.7. The van der Waals surface area contributed by atoms with Crippen LogP contribution < -0.4 is 14.8 Å². The lowest BCUT2D eigenvalue weighted by atomic mass is 10.1. The quantitative estimate of drug-likeness (QED) is 0.514. The van der Waals surface area contributed by atoms with Crippen LogP contribution in [0.15, 0.2) is 48.5 Å². The molecule has 0 spiro atoms. The highest BCUT2D eigenvalue weighted by molar-refractivity contribution is 6.02. The van der Waals surface area contributed by atoms with E-state index in [1.54, 1.807) is 24.3 Å². The Hall–Kier alpha value is -3.75. The predicted octanol–water partition coefficient (Wildman–Crippen LogP) is 4.61. The van der Waals surface area contributed by atoms with Crippen molar-refractivity contribution in [2.24, 2.45) is 0 Å². The molecule has 0 atom stereocenters. The van der Waals surface area contributed by atoms with Crippen molar-refractivity contribution in [2.45, 2.75) is 25.4 Å². The number of hydrogen-bond acceptors (Lipinski definition) is 5. The minimum absolute atomic E-state index is 0.134. The second kappa shape index (κ2) is 8.95. The van der Waals surface area contributed by atoms with E-state index in [1.807, 2.05) is 12.1 Å². The highest BCUT2D eigenvalue weighted by Crippen LogP contribution is 2.38. The Balaban J connectivity index is 1.42. The van der Waals surface area contributed by atoms with Crippen LogP contribution >= 0.6 is 0 Å². The summed E-state index contributed by atoms with van der Waals surface area (Å²) in [7, 11) is 1.35. The van der Waals surface area contributed by atoms with E-state index in [9.17, 15) is 13.6 Å². The maximum absolute atomic E-state index is 12.7. The molecule has 7 nitrogen and oxygen atoms in total. The third kappa shape index (κ3) is 5.06. The molecular formula is C22H20F2N4O3. The lowest BCUT2D eigenvalue weighted by Gasteiger charge is -2.12. The smallest absolute Gasteiger partial charge is 0.387 e. The molecule has 0 bridgehead atoms. The van der Waals surface area contributed by atoms with Crippen molar-refractivity contribution >= 4 is 17.7 Å². The maximum Gasteiger partial charge on any atom is 0.387 e. The monoisotopic (exact) mass is 426 g/mol. The van der Waals surface area contributed by atoms with E-state index in [2.05, 4.69) is 25.2 Å². The van der Waals surface area contributed by atoms with Crippen molar-refractivity contribution in [1.82, 2.24) is 15.2 Å². The van der Waals surface area contributed by atoms with Crippen molar-refractivity contribution in [1.29, 1.82) is 0 Å². The number of ether oxygens (including phenoxy) is 2. The van der Waals surface area contributed by atoms with Crippen LogP contribution in [-0.4, -0.2) is 34.8 Å². The van der Waals surface area contributed by atoms with Crippen LogP contribution in [0.5, 0.6) is 11.5 Å². The minimum Gasteiger partial charge on any atom is -0.493 e. The van der Waals surface area contributed by atoms with Crippen LogP contribution in [0.25, 0.3) is 17.5 Å². The van der Waals surface area contributed by atoms with Crippen molar-refractivity contribution < 1.29 is 23.0 Å². The fourth-order valence-electron chi connectivity index (χ4n) is 3.03. The van der Waals surface area contributed by atoms with Gasteiger partial charge in [0.25, 0.3) is 0 Å². The molecule has 1 fully saturated rings. The topological polar surface area (TPSA) is 89.1 Å². The van der Waals surface area contributed by atoms with Crippen molar-refractivity contribution in [2.75, 3.05) is 12.4 Å². The van der Waals surface area contributed by atoms with Gasteiger partial charge in [0, 0.05) is 28.8 Å². The summed E-state index contributed by atoms with van der Waals surface area (Å²) in [5.41, 5.74) is 1.70. The van der Waals surface area contributed by atoms with Gasteiger partial charge >= 0.3 is 6.61 Å². The Labute approximate surface area is 177 Å². The van der Waals surface area contributed by atoms with Gasteiger partial charge in [-0.15, -0.1) is 0 Å². The first-order valence-corrected chi connectivity index (χ1v) is 9.67. The van der Waals surface area contributed by atoms with Crippen LogP contribution in [0.2, 0.25) is 0 Å². The molecule has 2 aromatic carbocycles. The van der Waals surface area contributed by atoms with Crippen LogP contribution in [0.1, 0.15) is 30.1 Å². The molecule has 4 rings (SSSR count). The third-order valence-electron chi connectivity index (χ3n) is 4.73. The van der Waals surface area contributed by atoms with Gasteiger partial charge in [-0.3, -0.25) is 9.89 Å². The number of aromatic amines is 1. The Morgan fingerprint density at radius 1 is 1.23 bits per heavy atom. The summed E-state index contributed by atoms with van der Waals surface area (Å²) < 4.78 is 35.0. The predicted molar refractivity (Wildman–Crippen MR) is 111 cm³/mol. The molecule has 0 unspecified atom stereocenters. The van der Waals surface area contributed by atoms with E-state index in [1.165, 1.54) is 25.3 Å². The molecule has 1 aliphatic rings. The van der Waals surface area contributed by atoms with E-state index in [0.29, 0.717) is 23.0 Å². The van der Waals surface area contributed by atoms with Crippen molar-refractivity contribution in [3.8, 4) is 22.9 Å². The van der Waals surface area contributed by atoms with Crippen LogP contribution in [0, 0.1) is 0 Å². The normalized spacial score (nSPS) is 13.5. The molecule has 0 aliphatic heterocycles.